The number of aromatic nitrogens is 8. The van der Waals surface area contributed by atoms with Crippen LogP contribution >= 0.6 is 0 Å². The first-order valence-corrected chi connectivity index (χ1v) is 6.22. The summed E-state index contributed by atoms with van der Waals surface area (Å²) in [6, 6.07) is 0.227. The Morgan fingerprint density at radius 2 is 1.84 bits per heavy atom. The van der Waals surface area contributed by atoms with Crippen molar-refractivity contribution in [3.05, 3.63) is 0 Å². The lowest BCUT2D eigenvalue weighted by atomic mass is 10.1. The normalized spacial score (nSPS) is 18.6. The molecular weight excluding hydrogens is 250 g/mol. The molecule has 2 N–H and O–H groups in total. The van der Waals surface area contributed by atoms with Gasteiger partial charge in [-0.2, -0.15) is 4.68 Å². The Bertz CT molecular complexity index is 541. The molecule has 102 valence electrons. The Morgan fingerprint density at radius 3 is 2.58 bits per heavy atom. The number of rotatable bonds is 3. The van der Waals surface area contributed by atoms with Gasteiger partial charge in [0.05, 0.1) is 6.04 Å². The fourth-order valence-electron chi connectivity index (χ4n) is 2.23. The molecule has 10 nitrogen and oxygen atoms in total. The molecule has 0 radical (unpaired) electrons. The van der Waals surface area contributed by atoms with Crippen molar-refractivity contribution < 1.29 is 5.11 Å². The van der Waals surface area contributed by atoms with E-state index in [1.807, 2.05) is 0 Å². The number of nitrogens with zero attached hydrogens (tertiary/aromatic N) is 8. The number of nitrogens with one attached hydrogen (secondary N) is 1. The van der Waals surface area contributed by atoms with Crippen molar-refractivity contribution in [1.29, 1.82) is 0 Å². The molecule has 3 rings (SSSR count). The van der Waals surface area contributed by atoms with Gasteiger partial charge in [-0.05, 0) is 53.7 Å². The third-order valence-corrected chi connectivity index (χ3v) is 3.19. The SMILES string of the molecule is CC(O)n1nnnc1-c1nnnn1C1CCNCC1. The molecule has 0 saturated carbocycles. The molecule has 1 atom stereocenters. The van der Waals surface area contributed by atoms with E-state index in [9.17, 15) is 5.11 Å². The predicted octanol–water partition coefficient (Wildman–Crippen LogP) is -1.24. The second-order valence-electron chi connectivity index (χ2n) is 4.51. The molecule has 1 aliphatic heterocycles. The molecule has 3 heterocycles. The second kappa shape index (κ2) is 4.97. The molecule has 1 fully saturated rings. The van der Waals surface area contributed by atoms with E-state index in [0.717, 1.165) is 25.9 Å². The third kappa shape index (κ3) is 2.19. The van der Waals surface area contributed by atoms with E-state index in [4.69, 9.17) is 0 Å². The van der Waals surface area contributed by atoms with Crippen LogP contribution in [0.2, 0.25) is 0 Å². The van der Waals surface area contributed by atoms with E-state index in [2.05, 4.69) is 36.4 Å². The van der Waals surface area contributed by atoms with Gasteiger partial charge < -0.3 is 10.4 Å². The highest BCUT2D eigenvalue weighted by molar-refractivity contribution is 5.41. The van der Waals surface area contributed by atoms with Crippen LogP contribution in [0, 0.1) is 0 Å². The van der Waals surface area contributed by atoms with Gasteiger partial charge in [-0.1, -0.05) is 0 Å². The Hall–Kier alpha value is -1.94. The van der Waals surface area contributed by atoms with Crippen LogP contribution in [-0.4, -0.2) is 58.6 Å². The maximum atomic E-state index is 9.63. The predicted molar refractivity (Wildman–Crippen MR) is 62.7 cm³/mol. The highest BCUT2D eigenvalue weighted by Gasteiger charge is 2.24. The highest BCUT2D eigenvalue weighted by Crippen LogP contribution is 2.23. The van der Waals surface area contributed by atoms with Crippen LogP contribution in [0.25, 0.3) is 11.6 Å². The molecule has 2 aromatic rings. The van der Waals surface area contributed by atoms with Crippen LogP contribution in [0.1, 0.15) is 32.0 Å². The van der Waals surface area contributed by atoms with Crippen molar-refractivity contribution >= 4 is 0 Å². The van der Waals surface area contributed by atoms with Gasteiger partial charge in [0, 0.05) is 0 Å². The number of piperidine rings is 1. The van der Waals surface area contributed by atoms with Crippen molar-refractivity contribution in [2.24, 2.45) is 0 Å². The maximum absolute atomic E-state index is 9.63. The maximum Gasteiger partial charge on any atom is 0.224 e. The molecule has 0 amide bonds. The van der Waals surface area contributed by atoms with Crippen molar-refractivity contribution in [3.63, 3.8) is 0 Å². The molecule has 0 aromatic carbocycles. The van der Waals surface area contributed by atoms with E-state index >= 15 is 0 Å². The van der Waals surface area contributed by atoms with Crippen LogP contribution < -0.4 is 5.32 Å². The van der Waals surface area contributed by atoms with Crippen LogP contribution in [0.5, 0.6) is 0 Å². The van der Waals surface area contributed by atoms with E-state index in [-0.39, 0.29) is 6.04 Å². The molecule has 0 spiro atoms. The fourth-order valence-corrected chi connectivity index (χ4v) is 2.23. The van der Waals surface area contributed by atoms with Gasteiger partial charge in [-0.15, -0.1) is 10.2 Å². The van der Waals surface area contributed by atoms with Crippen LogP contribution in [0.4, 0.5) is 0 Å². The summed E-state index contributed by atoms with van der Waals surface area (Å²) in [5.74, 6) is 0.858. The van der Waals surface area contributed by atoms with Crippen LogP contribution in [-0.2, 0) is 0 Å². The van der Waals surface area contributed by atoms with Gasteiger partial charge in [-0.25, -0.2) is 4.68 Å². The zero-order valence-corrected chi connectivity index (χ0v) is 10.5. The smallest absolute Gasteiger partial charge is 0.224 e. The standard InChI is InChI=1S/C9H15N9O/c1-6(19)17-8(11-13-15-17)9-12-14-16-18(9)7-2-4-10-5-3-7/h6-7,10,19H,2-5H2,1H3. The average Bonchev–Trinajstić information content (AvgIpc) is 3.08. The van der Waals surface area contributed by atoms with Crippen LogP contribution in [0.15, 0.2) is 0 Å². The van der Waals surface area contributed by atoms with E-state index in [1.165, 1.54) is 4.68 Å². The van der Waals surface area contributed by atoms with Crippen molar-refractivity contribution in [2.45, 2.75) is 32.0 Å². The van der Waals surface area contributed by atoms with E-state index in [1.54, 1.807) is 11.6 Å². The zero-order chi connectivity index (χ0) is 13.2. The Labute approximate surface area is 108 Å². The molecule has 10 heteroatoms. The monoisotopic (exact) mass is 265 g/mol. The van der Waals surface area contributed by atoms with Gasteiger partial charge in [0.1, 0.15) is 6.23 Å². The summed E-state index contributed by atoms with van der Waals surface area (Å²) in [6.45, 7) is 3.45. The summed E-state index contributed by atoms with van der Waals surface area (Å²) >= 11 is 0. The van der Waals surface area contributed by atoms with Gasteiger partial charge in [0.25, 0.3) is 0 Å². The Morgan fingerprint density at radius 1 is 1.16 bits per heavy atom. The van der Waals surface area contributed by atoms with Gasteiger partial charge in [0.2, 0.25) is 11.6 Å². The lowest BCUT2D eigenvalue weighted by Gasteiger charge is -2.22. The topological polar surface area (TPSA) is 119 Å². The summed E-state index contributed by atoms with van der Waals surface area (Å²) < 4.78 is 3.04. The molecule has 1 saturated heterocycles. The third-order valence-electron chi connectivity index (χ3n) is 3.19. The van der Waals surface area contributed by atoms with Gasteiger partial charge >= 0.3 is 0 Å². The molecule has 1 unspecified atom stereocenters. The number of aliphatic hydroxyl groups is 1. The molecule has 19 heavy (non-hydrogen) atoms. The minimum Gasteiger partial charge on any atom is -0.372 e. The van der Waals surface area contributed by atoms with E-state index in [0.29, 0.717) is 11.6 Å². The lowest BCUT2D eigenvalue weighted by Crippen LogP contribution is -2.30. The number of hydrogen-bond donors (Lipinski definition) is 2. The first-order valence-electron chi connectivity index (χ1n) is 6.22. The summed E-state index contributed by atoms with van der Waals surface area (Å²) in [4.78, 5) is 0. The summed E-state index contributed by atoms with van der Waals surface area (Å²) in [5, 5.41) is 35.9. The van der Waals surface area contributed by atoms with Crippen molar-refractivity contribution in [1.82, 2.24) is 45.7 Å². The first kappa shape index (κ1) is 12.1. The Balaban J connectivity index is 1.97. The van der Waals surface area contributed by atoms with E-state index < -0.39 is 6.23 Å². The fraction of sp³-hybridized carbons (Fsp3) is 0.778. The molecule has 1 aliphatic rings. The number of hydrogen-bond acceptors (Lipinski definition) is 8. The largest absolute Gasteiger partial charge is 0.372 e. The average molecular weight is 265 g/mol. The minimum atomic E-state index is -0.830. The number of aliphatic hydroxyl groups excluding tert-OH is 1. The first-order chi connectivity index (χ1) is 9.27. The molecule has 2 aromatic heterocycles. The lowest BCUT2D eigenvalue weighted by molar-refractivity contribution is 0.110. The highest BCUT2D eigenvalue weighted by atomic mass is 16.3. The molecule has 0 aliphatic carbocycles. The van der Waals surface area contributed by atoms with Crippen molar-refractivity contribution in [3.8, 4) is 11.6 Å². The van der Waals surface area contributed by atoms with Crippen LogP contribution in [0.3, 0.4) is 0 Å². The number of tetrazole rings is 2. The Kier molecular flexibility index (Phi) is 3.17. The summed E-state index contributed by atoms with van der Waals surface area (Å²) in [6.07, 6.45) is 1.07. The van der Waals surface area contributed by atoms with Gasteiger partial charge in [0.15, 0.2) is 0 Å². The molecular formula is C9H15N9O. The summed E-state index contributed by atoms with van der Waals surface area (Å²) in [7, 11) is 0. The quantitative estimate of drug-likeness (QED) is 0.707. The second-order valence-corrected chi connectivity index (χ2v) is 4.51. The minimum absolute atomic E-state index is 0.227. The molecule has 0 bridgehead atoms. The van der Waals surface area contributed by atoms with Gasteiger partial charge in [-0.3, -0.25) is 0 Å². The zero-order valence-electron chi connectivity index (χ0n) is 10.5. The summed E-state index contributed by atoms with van der Waals surface area (Å²) in [5.41, 5.74) is 0. The van der Waals surface area contributed by atoms with Crippen molar-refractivity contribution in [2.75, 3.05) is 13.1 Å².